The summed E-state index contributed by atoms with van der Waals surface area (Å²) in [6.07, 6.45) is 4.17. The van der Waals surface area contributed by atoms with Gasteiger partial charge in [-0.2, -0.15) is 0 Å². The monoisotopic (exact) mass is 364 g/mol. The first-order valence-electron chi connectivity index (χ1n) is 9.47. The van der Waals surface area contributed by atoms with Crippen LogP contribution in [0.1, 0.15) is 47.7 Å². The number of aryl methyl sites for hydroxylation is 2. The quantitative estimate of drug-likeness (QED) is 0.885. The number of rotatable bonds is 5. The Hall–Kier alpha value is -2.76. The molecule has 1 aliphatic carbocycles. The SMILES string of the molecule is Cc1ccc(N2CC(C(=O)NCc3cc(C4CC4)ncn3)CC2=O)cc1C. The zero-order valence-corrected chi connectivity index (χ0v) is 15.7. The number of aromatic nitrogens is 2. The van der Waals surface area contributed by atoms with E-state index in [4.69, 9.17) is 0 Å². The minimum atomic E-state index is -0.330. The van der Waals surface area contributed by atoms with Crippen LogP contribution in [0, 0.1) is 19.8 Å². The first-order valence-corrected chi connectivity index (χ1v) is 9.47. The molecule has 2 amide bonds. The number of carbonyl (C=O) groups excluding carboxylic acids is 2. The number of nitrogens with zero attached hydrogens (tertiary/aromatic N) is 3. The average molecular weight is 364 g/mol. The Morgan fingerprint density at radius 1 is 1.19 bits per heavy atom. The molecule has 2 heterocycles. The molecule has 6 heteroatoms. The number of hydrogen-bond acceptors (Lipinski definition) is 4. The third-order valence-electron chi connectivity index (χ3n) is 5.48. The maximum atomic E-state index is 12.6. The van der Waals surface area contributed by atoms with Crippen LogP contribution in [0.2, 0.25) is 0 Å². The van der Waals surface area contributed by atoms with Gasteiger partial charge in [-0.05, 0) is 56.0 Å². The van der Waals surface area contributed by atoms with Gasteiger partial charge in [0.2, 0.25) is 11.8 Å². The lowest BCUT2D eigenvalue weighted by atomic mass is 10.1. The molecule has 2 aromatic rings. The minimum absolute atomic E-state index is 0.00328. The van der Waals surface area contributed by atoms with Crippen LogP contribution in [-0.2, 0) is 16.1 Å². The smallest absolute Gasteiger partial charge is 0.227 e. The van der Waals surface area contributed by atoms with Gasteiger partial charge in [0.15, 0.2) is 0 Å². The van der Waals surface area contributed by atoms with Crippen molar-refractivity contribution in [3.05, 3.63) is 53.1 Å². The van der Waals surface area contributed by atoms with Crippen LogP contribution >= 0.6 is 0 Å². The van der Waals surface area contributed by atoms with Crippen LogP contribution in [0.4, 0.5) is 5.69 Å². The number of amides is 2. The molecule has 2 aliphatic rings. The predicted octanol–water partition coefficient (Wildman–Crippen LogP) is 2.64. The zero-order chi connectivity index (χ0) is 19.0. The molecule has 4 rings (SSSR count). The fourth-order valence-corrected chi connectivity index (χ4v) is 3.46. The molecule has 2 fully saturated rings. The van der Waals surface area contributed by atoms with Gasteiger partial charge < -0.3 is 10.2 Å². The lowest BCUT2D eigenvalue weighted by Crippen LogP contribution is -2.32. The van der Waals surface area contributed by atoms with E-state index >= 15 is 0 Å². The molecule has 0 bridgehead atoms. The first-order chi connectivity index (χ1) is 13.0. The predicted molar refractivity (Wildman–Crippen MR) is 102 cm³/mol. The fourth-order valence-electron chi connectivity index (χ4n) is 3.46. The van der Waals surface area contributed by atoms with Crippen LogP contribution in [0.5, 0.6) is 0 Å². The van der Waals surface area contributed by atoms with E-state index in [-0.39, 0.29) is 24.2 Å². The molecule has 0 spiro atoms. The summed E-state index contributed by atoms with van der Waals surface area (Å²) in [4.78, 5) is 35.2. The van der Waals surface area contributed by atoms with Gasteiger partial charge in [-0.1, -0.05) is 6.07 Å². The van der Waals surface area contributed by atoms with E-state index < -0.39 is 0 Å². The molecule has 1 aromatic carbocycles. The highest BCUT2D eigenvalue weighted by Crippen LogP contribution is 2.38. The lowest BCUT2D eigenvalue weighted by molar-refractivity contribution is -0.126. The van der Waals surface area contributed by atoms with Crippen molar-refractivity contribution >= 4 is 17.5 Å². The third-order valence-corrected chi connectivity index (χ3v) is 5.48. The maximum Gasteiger partial charge on any atom is 0.227 e. The standard InChI is InChI=1S/C21H24N4O2/c1-13-3-6-18(7-14(13)2)25-11-16(8-20(25)26)21(27)22-10-17-9-19(15-4-5-15)24-12-23-17/h3,6-7,9,12,15-16H,4-5,8,10-11H2,1-2H3,(H,22,27). The van der Waals surface area contributed by atoms with Crippen molar-refractivity contribution in [2.24, 2.45) is 5.92 Å². The van der Waals surface area contributed by atoms with Gasteiger partial charge in [0, 0.05) is 30.3 Å². The van der Waals surface area contributed by atoms with Crippen molar-refractivity contribution < 1.29 is 9.59 Å². The summed E-state index contributed by atoms with van der Waals surface area (Å²) in [5.41, 5.74) is 5.07. The summed E-state index contributed by atoms with van der Waals surface area (Å²) >= 11 is 0. The molecule has 1 unspecified atom stereocenters. The average Bonchev–Trinajstić information content (AvgIpc) is 3.44. The Bertz CT molecular complexity index is 892. The molecule has 1 aromatic heterocycles. The normalized spacial score (nSPS) is 19.4. The van der Waals surface area contributed by atoms with Crippen molar-refractivity contribution in [1.82, 2.24) is 15.3 Å². The summed E-state index contributed by atoms with van der Waals surface area (Å²) < 4.78 is 0. The topological polar surface area (TPSA) is 75.2 Å². The summed E-state index contributed by atoms with van der Waals surface area (Å²) in [7, 11) is 0. The van der Waals surface area contributed by atoms with Gasteiger partial charge in [-0.3, -0.25) is 9.59 Å². The molecular weight excluding hydrogens is 340 g/mol. The van der Waals surface area contributed by atoms with E-state index in [0.717, 1.165) is 22.6 Å². The molecule has 0 radical (unpaired) electrons. The molecule has 27 heavy (non-hydrogen) atoms. The summed E-state index contributed by atoms with van der Waals surface area (Å²) in [5.74, 6) is 0.128. The van der Waals surface area contributed by atoms with Crippen molar-refractivity contribution in [3.63, 3.8) is 0 Å². The van der Waals surface area contributed by atoms with Crippen LogP contribution in [0.3, 0.4) is 0 Å². The Kier molecular flexibility index (Phi) is 4.64. The molecule has 140 valence electrons. The summed E-state index contributed by atoms with van der Waals surface area (Å²) in [5, 5.41) is 2.93. The fraction of sp³-hybridized carbons (Fsp3) is 0.429. The number of carbonyl (C=O) groups is 2. The Morgan fingerprint density at radius 3 is 2.74 bits per heavy atom. The van der Waals surface area contributed by atoms with E-state index in [9.17, 15) is 9.59 Å². The lowest BCUT2D eigenvalue weighted by Gasteiger charge is -2.18. The second kappa shape index (κ2) is 7.10. The molecule has 1 N–H and O–H groups in total. The highest BCUT2D eigenvalue weighted by molar-refractivity contribution is 6.00. The molecule has 6 nitrogen and oxygen atoms in total. The molecule has 1 aliphatic heterocycles. The highest BCUT2D eigenvalue weighted by Gasteiger charge is 2.35. The van der Waals surface area contributed by atoms with E-state index in [2.05, 4.69) is 15.3 Å². The van der Waals surface area contributed by atoms with Gasteiger partial charge in [0.05, 0.1) is 18.2 Å². The largest absolute Gasteiger partial charge is 0.350 e. The van der Waals surface area contributed by atoms with E-state index in [1.165, 1.54) is 18.4 Å². The molecule has 1 saturated carbocycles. The van der Waals surface area contributed by atoms with Crippen molar-refractivity contribution in [3.8, 4) is 0 Å². The number of anilines is 1. The maximum absolute atomic E-state index is 12.6. The van der Waals surface area contributed by atoms with Crippen LogP contribution < -0.4 is 10.2 Å². The molecule has 1 atom stereocenters. The second-order valence-electron chi connectivity index (χ2n) is 7.60. The number of nitrogens with one attached hydrogen (secondary N) is 1. The van der Waals surface area contributed by atoms with Crippen LogP contribution in [0.25, 0.3) is 0 Å². The van der Waals surface area contributed by atoms with Crippen molar-refractivity contribution in [2.45, 2.75) is 45.6 Å². The van der Waals surface area contributed by atoms with E-state index in [1.807, 2.05) is 38.1 Å². The second-order valence-corrected chi connectivity index (χ2v) is 7.60. The Balaban J connectivity index is 1.37. The Morgan fingerprint density at radius 2 is 2.00 bits per heavy atom. The van der Waals surface area contributed by atoms with Crippen molar-refractivity contribution in [1.29, 1.82) is 0 Å². The summed E-state index contributed by atoms with van der Waals surface area (Å²) in [6, 6.07) is 7.94. The van der Waals surface area contributed by atoms with Gasteiger partial charge in [0.1, 0.15) is 6.33 Å². The van der Waals surface area contributed by atoms with Gasteiger partial charge >= 0.3 is 0 Å². The molecular formula is C21H24N4O2. The first kappa shape index (κ1) is 17.6. The third kappa shape index (κ3) is 3.84. The van der Waals surface area contributed by atoms with Gasteiger partial charge in [-0.25, -0.2) is 9.97 Å². The van der Waals surface area contributed by atoms with E-state index in [1.54, 1.807) is 11.2 Å². The molecule has 1 saturated heterocycles. The van der Waals surface area contributed by atoms with Crippen LogP contribution in [0.15, 0.2) is 30.6 Å². The van der Waals surface area contributed by atoms with Crippen LogP contribution in [-0.4, -0.2) is 28.3 Å². The number of benzene rings is 1. The minimum Gasteiger partial charge on any atom is -0.350 e. The zero-order valence-electron chi connectivity index (χ0n) is 15.7. The van der Waals surface area contributed by atoms with Gasteiger partial charge in [-0.15, -0.1) is 0 Å². The van der Waals surface area contributed by atoms with Crippen molar-refractivity contribution in [2.75, 3.05) is 11.4 Å². The van der Waals surface area contributed by atoms with E-state index in [0.29, 0.717) is 19.0 Å². The highest BCUT2D eigenvalue weighted by atomic mass is 16.2. The van der Waals surface area contributed by atoms with Gasteiger partial charge in [0.25, 0.3) is 0 Å². The Labute approximate surface area is 159 Å². The number of hydrogen-bond donors (Lipinski definition) is 1. The summed E-state index contributed by atoms with van der Waals surface area (Å²) in [6.45, 7) is 4.86.